The zero-order valence-electron chi connectivity index (χ0n) is 15.1. The van der Waals surface area contributed by atoms with Crippen molar-refractivity contribution in [2.24, 2.45) is 0 Å². The minimum absolute atomic E-state index is 0.0283. The van der Waals surface area contributed by atoms with E-state index in [9.17, 15) is 9.59 Å². The molecule has 0 aromatic carbocycles. The minimum atomic E-state index is 0.0283. The van der Waals surface area contributed by atoms with E-state index in [0.29, 0.717) is 25.3 Å². The molecule has 1 aromatic heterocycles. The van der Waals surface area contributed by atoms with Crippen LogP contribution < -0.4 is 0 Å². The average Bonchev–Trinajstić information content (AvgIpc) is 3.11. The Morgan fingerprint density at radius 2 is 1.76 bits per heavy atom. The van der Waals surface area contributed by atoms with Crippen LogP contribution in [-0.2, 0) is 11.2 Å². The summed E-state index contributed by atoms with van der Waals surface area (Å²) in [5, 5.41) is 2.91. The van der Waals surface area contributed by atoms with E-state index in [1.807, 2.05) is 15.2 Å². The lowest BCUT2D eigenvalue weighted by Crippen LogP contribution is -2.52. The van der Waals surface area contributed by atoms with Gasteiger partial charge in [-0.25, -0.2) is 4.98 Å². The molecule has 1 aromatic rings. The lowest BCUT2D eigenvalue weighted by Gasteiger charge is -2.35. The molecule has 0 saturated carbocycles. The zero-order valence-corrected chi connectivity index (χ0v) is 15.9. The topological polar surface area (TPSA) is 56.8 Å². The maximum Gasteiger partial charge on any atom is 0.273 e. The number of hydrogen-bond acceptors (Lipinski definition) is 5. The van der Waals surface area contributed by atoms with Crippen molar-refractivity contribution in [2.75, 3.05) is 45.8 Å². The predicted molar refractivity (Wildman–Crippen MR) is 98.9 cm³/mol. The van der Waals surface area contributed by atoms with Gasteiger partial charge in [-0.1, -0.05) is 6.92 Å². The van der Waals surface area contributed by atoms with E-state index in [-0.39, 0.29) is 11.8 Å². The molecule has 0 aliphatic carbocycles. The minimum Gasteiger partial charge on any atom is -0.342 e. The Bertz CT molecular complexity index is 590. The van der Waals surface area contributed by atoms with Crippen molar-refractivity contribution >= 4 is 23.2 Å². The Labute approximate surface area is 153 Å². The van der Waals surface area contributed by atoms with Crippen LogP contribution in [0.1, 0.15) is 48.1 Å². The third kappa shape index (κ3) is 4.79. The van der Waals surface area contributed by atoms with Gasteiger partial charge in [0.1, 0.15) is 5.69 Å². The molecular weight excluding hydrogens is 336 g/mol. The van der Waals surface area contributed by atoms with Crippen LogP contribution in [-0.4, -0.2) is 77.3 Å². The number of carbonyl (C=O) groups excluding carboxylic acids is 2. The van der Waals surface area contributed by atoms with Gasteiger partial charge in [-0.15, -0.1) is 11.3 Å². The molecule has 3 rings (SSSR count). The molecule has 25 heavy (non-hydrogen) atoms. The van der Waals surface area contributed by atoms with Crippen molar-refractivity contribution in [1.29, 1.82) is 0 Å². The molecule has 0 atom stereocenters. The number of nitrogens with zero attached hydrogens (tertiary/aromatic N) is 4. The summed E-state index contributed by atoms with van der Waals surface area (Å²) in [6.45, 7) is 7.28. The third-order valence-corrected chi connectivity index (χ3v) is 5.87. The van der Waals surface area contributed by atoms with Crippen LogP contribution in [0.3, 0.4) is 0 Å². The van der Waals surface area contributed by atoms with Crippen LogP contribution in [0, 0.1) is 0 Å². The van der Waals surface area contributed by atoms with Crippen LogP contribution in [0.5, 0.6) is 0 Å². The SMILES string of the molecule is CCCc1nc(C(=O)N2CCN(CC(=O)N3CCCCC3)CC2)cs1. The predicted octanol–water partition coefficient (Wildman–Crippen LogP) is 1.87. The second-order valence-corrected chi connectivity index (χ2v) is 7.83. The molecule has 0 radical (unpaired) electrons. The van der Waals surface area contributed by atoms with Gasteiger partial charge in [-0.2, -0.15) is 0 Å². The number of amides is 2. The fourth-order valence-electron chi connectivity index (χ4n) is 3.44. The summed E-state index contributed by atoms with van der Waals surface area (Å²) in [6.07, 6.45) is 5.47. The van der Waals surface area contributed by atoms with Gasteiger partial charge in [-0.05, 0) is 32.1 Å². The van der Waals surface area contributed by atoms with Crippen LogP contribution in [0.2, 0.25) is 0 Å². The van der Waals surface area contributed by atoms with Gasteiger partial charge < -0.3 is 9.80 Å². The first-order chi connectivity index (χ1) is 12.2. The fraction of sp³-hybridized carbons (Fsp3) is 0.722. The molecule has 0 bridgehead atoms. The van der Waals surface area contributed by atoms with E-state index in [4.69, 9.17) is 0 Å². The average molecular weight is 365 g/mol. The third-order valence-electron chi connectivity index (χ3n) is 4.96. The van der Waals surface area contributed by atoms with Gasteiger partial charge in [-0.3, -0.25) is 14.5 Å². The Morgan fingerprint density at radius 3 is 2.44 bits per heavy atom. The molecule has 0 N–H and O–H groups in total. The van der Waals surface area contributed by atoms with E-state index in [2.05, 4.69) is 16.8 Å². The van der Waals surface area contributed by atoms with Gasteiger partial charge in [0.05, 0.1) is 11.6 Å². The van der Waals surface area contributed by atoms with Gasteiger partial charge in [0.2, 0.25) is 5.91 Å². The molecule has 0 spiro atoms. The summed E-state index contributed by atoms with van der Waals surface area (Å²) < 4.78 is 0. The van der Waals surface area contributed by atoms with Gasteiger partial charge in [0.25, 0.3) is 5.91 Å². The number of piperidine rings is 1. The first kappa shape index (κ1) is 18.3. The van der Waals surface area contributed by atoms with Crippen LogP contribution >= 0.6 is 11.3 Å². The number of hydrogen-bond donors (Lipinski definition) is 0. The summed E-state index contributed by atoms with van der Waals surface area (Å²) >= 11 is 1.57. The molecule has 7 heteroatoms. The number of rotatable bonds is 5. The monoisotopic (exact) mass is 364 g/mol. The lowest BCUT2D eigenvalue weighted by molar-refractivity contribution is -0.133. The standard InChI is InChI=1S/C18H28N4O2S/c1-2-6-16-19-15(14-25-16)18(24)22-11-9-20(10-12-22)13-17(23)21-7-4-3-5-8-21/h14H,2-13H2,1H3. The molecule has 2 aliphatic heterocycles. The molecule has 3 heterocycles. The Kier molecular flexibility index (Phi) is 6.42. The van der Waals surface area contributed by atoms with Crippen molar-refractivity contribution < 1.29 is 9.59 Å². The van der Waals surface area contributed by atoms with Gasteiger partial charge in [0.15, 0.2) is 0 Å². The highest BCUT2D eigenvalue weighted by molar-refractivity contribution is 7.09. The quantitative estimate of drug-likeness (QED) is 0.800. The van der Waals surface area contributed by atoms with Crippen molar-refractivity contribution in [2.45, 2.75) is 39.0 Å². The number of carbonyl (C=O) groups is 2. The highest BCUT2D eigenvalue weighted by Crippen LogP contribution is 2.15. The maximum absolute atomic E-state index is 12.6. The maximum atomic E-state index is 12.6. The van der Waals surface area contributed by atoms with E-state index in [0.717, 1.165) is 56.9 Å². The highest BCUT2D eigenvalue weighted by Gasteiger charge is 2.26. The molecule has 6 nitrogen and oxygen atoms in total. The second-order valence-electron chi connectivity index (χ2n) is 6.89. The van der Waals surface area contributed by atoms with E-state index >= 15 is 0 Å². The number of piperazine rings is 1. The summed E-state index contributed by atoms with van der Waals surface area (Å²) in [6, 6.07) is 0. The molecule has 2 amide bonds. The first-order valence-corrected chi connectivity index (χ1v) is 10.3. The summed E-state index contributed by atoms with van der Waals surface area (Å²) in [5.74, 6) is 0.267. The lowest BCUT2D eigenvalue weighted by atomic mass is 10.1. The Balaban J connectivity index is 1.46. The van der Waals surface area contributed by atoms with Gasteiger partial charge in [0, 0.05) is 44.6 Å². The van der Waals surface area contributed by atoms with E-state index < -0.39 is 0 Å². The molecule has 2 aliphatic rings. The Hall–Kier alpha value is -1.47. The molecule has 2 saturated heterocycles. The van der Waals surface area contributed by atoms with Crippen molar-refractivity contribution in [1.82, 2.24) is 19.7 Å². The zero-order chi connectivity index (χ0) is 17.6. The molecular formula is C18H28N4O2S. The normalized spacial score (nSPS) is 19.2. The summed E-state index contributed by atoms with van der Waals surface area (Å²) in [4.78, 5) is 35.4. The Morgan fingerprint density at radius 1 is 1.04 bits per heavy atom. The smallest absolute Gasteiger partial charge is 0.273 e. The number of aromatic nitrogens is 1. The van der Waals surface area contributed by atoms with Crippen molar-refractivity contribution in [3.05, 3.63) is 16.1 Å². The fourth-order valence-corrected chi connectivity index (χ4v) is 4.32. The largest absolute Gasteiger partial charge is 0.342 e. The summed E-state index contributed by atoms with van der Waals surface area (Å²) in [5.41, 5.74) is 0.575. The van der Waals surface area contributed by atoms with Crippen LogP contribution in [0.25, 0.3) is 0 Å². The summed E-state index contributed by atoms with van der Waals surface area (Å²) in [7, 11) is 0. The van der Waals surface area contributed by atoms with Crippen LogP contribution in [0.15, 0.2) is 5.38 Å². The second kappa shape index (κ2) is 8.76. The van der Waals surface area contributed by atoms with E-state index in [1.54, 1.807) is 11.3 Å². The van der Waals surface area contributed by atoms with Crippen molar-refractivity contribution in [3.63, 3.8) is 0 Å². The first-order valence-electron chi connectivity index (χ1n) is 9.41. The van der Waals surface area contributed by atoms with Crippen LogP contribution in [0.4, 0.5) is 0 Å². The van der Waals surface area contributed by atoms with E-state index in [1.165, 1.54) is 6.42 Å². The van der Waals surface area contributed by atoms with Gasteiger partial charge >= 0.3 is 0 Å². The molecule has 0 unspecified atom stereocenters. The van der Waals surface area contributed by atoms with Crippen molar-refractivity contribution in [3.8, 4) is 0 Å². The number of thiazole rings is 1. The molecule has 138 valence electrons. The number of likely N-dealkylation sites (tertiary alicyclic amines) is 1. The molecule has 2 fully saturated rings. The number of aryl methyl sites for hydroxylation is 1. The highest BCUT2D eigenvalue weighted by atomic mass is 32.1.